The molecule has 14 nitrogen and oxygen atoms in total. The maximum atomic E-state index is 12.6. The molecule has 0 N–H and O–H groups in total. The minimum Gasteiger partial charge on any atom is -0.461 e. The van der Waals surface area contributed by atoms with Crippen molar-refractivity contribution >= 4 is 41.9 Å². The second-order valence-corrected chi connectivity index (χ2v) is 9.90. The normalized spacial score (nSPS) is 20.6. The monoisotopic (exact) mass is 642 g/mol. The third-order valence-electron chi connectivity index (χ3n) is 6.09. The van der Waals surface area contributed by atoms with E-state index in [0.29, 0.717) is 16.9 Å². The first-order valence-corrected chi connectivity index (χ1v) is 14.0. The minimum absolute atomic E-state index is 0.153. The van der Waals surface area contributed by atoms with Gasteiger partial charge in [0.05, 0.1) is 0 Å². The van der Waals surface area contributed by atoms with Crippen LogP contribution < -0.4 is 9.47 Å². The van der Waals surface area contributed by atoms with Gasteiger partial charge in [-0.1, -0.05) is 30.3 Å². The molecule has 5 atom stereocenters. The molecule has 1 saturated heterocycles. The lowest BCUT2D eigenvalue weighted by Gasteiger charge is -2.44. The van der Waals surface area contributed by atoms with Gasteiger partial charge in [-0.15, -0.1) is 0 Å². The number of para-hydroxylation sites is 1. The van der Waals surface area contributed by atoms with Gasteiger partial charge >= 0.3 is 35.8 Å². The summed E-state index contributed by atoms with van der Waals surface area (Å²) in [7, 11) is 0. The van der Waals surface area contributed by atoms with Crippen LogP contribution in [0.25, 0.3) is 6.08 Å². The zero-order chi connectivity index (χ0) is 33.8. The molecule has 1 fully saturated rings. The fourth-order valence-electron chi connectivity index (χ4n) is 4.32. The first kappa shape index (κ1) is 35.2. The fraction of sp³-hybridized carbons (Fsp3) is 0.375. The van der Waals surface area contributed by atoms with Gasteiger partial charge in [0.1, 0.15) is 30.8 Å². The topological polar surface area (TPSA) is 176 Å². The van der Waals surface area contributed by atoms with Gasteiger partial charge in [-0.25, -0.2) is 4.79 Å². The van der Waals surface area contributed by atoms with E-state index >= 15 is 0 Å². The molecular formula is C32H34O14. The van der Waals surface area contributed by atoms with Crippen LogP contribution in [0.3, 0.4) is 0 Å². The molecule has 2 aromatic carbocycles. The molecule has 0 bridgehead atoms. The van der Waals surface area contributed by atoms with Crippen LogP contribution in [0.5, 0.6) is 11.5 Å². The largest absolute Gasteiger partial charge is 0.461 e. The molecule has 2 aromatic rings. The van der Waals surface area contributed by atoms with E-state index in [2.05, 4.69) is 0 Å². The molecule has 14 heteroatoms. The SMILES string of the molecule is CC(=O)OCc1ccccc1OC1OC(COC(=O)/C=C/c2ccc(OC(C)=O)cc2)C(OC(C)=O)C(OC(C)=O)C1OC(C)=O. The molecule has 0 saturated carbocycles. The molecule has 246 valence electrons. The Labute approximate surface area is 264 Å². The van der Waals surface area contributed by atoms with E-state index in [1.807, 2.05) is 0 Å². The van der Waals surface area contributed by atoms with E-state index in [-0.39, 0.29) is 12.4 Å². The number of rotatable bonds is 12. The highest BCUT2D eigenvalue weighted by molar-refractivity contribution is 5.87. The van der Waals surface area contributed by atoms with E-state index in [9.17, 15) is 28.8 Å². The Balaban J connectivity index is 1.87. The second kappa shape index (κ2) is 16.7. The molecule has 0 amide bonds. The zero-order valence-corrected chi connectivity index (χ0v) is 25.8. The predicted molar refractivity (Wildman–Crippen MR) is 156 cm³/mol. The van der Waals surface area contributed by atoms with Crippen LogP contribution in [-0.4, -0.2) is 73.1 Å². The molecule has 3 rings (SSSR count). The Hall–Kier alpha value is -5.24. The van der Waals surface area contributed by atoms with E-state index < -0.39 is 73.1 Å². The van der Waals surface area contributed by atoms with Crippen LogP contribution in [0.1, 0.15) is 45.7 Å². The van der Waals surface area contributed by atoms with E-state index in [1.54, 1.807) is 48.5 Å². The minimum atomic E-state index is -1.48. The first-order valence-electron chi connectivity index (χ1n) is 14.0. The molecule has 5 unspecified atom stereocenters. The van der Waals surface area contributed by atoms with Crippen molar-refractivity contribution in [2.75, 3.05) is 6.61 Å². The van der Waals surface area contributed by atoms with Crippen molar-refractivity contribution in [3.8, 4) is 11.5 Å². The molecule has 0 spiro atoms. The summed E-state index contributed by atoms with van der Waals surface area (Å²) in [5.41, 5.74) is 1.03. The fourth-order valence-corrected chi connectivity index (χ4v) is 4.32. The van der Waals surface area contributed by atoms with Gasteiger partial charge in [0.2, 0.25) is 12.4 Å². The van der Waals surface area contributed by atoms with Crippen LogP contribution in [-0.2, 0) is 63.8 Å². The van der Waals surface area contributed by atoms with Crippen LogP contribution in [0.15, 0.2) is 54.6 Å². The molecule has 46 heavy (non-hydrogen) atoms. The van der Waals surface area contributed by atoms with Crippen molar-refractivity contribution in [1.82, 2.24) is 0 Å². The average molecular weight is 643 g/mol. The number of benzene rings is 2. The number of carbonyl (C=O) groups is 6. The van der Waals surface area contributed by atoms with Crippen molar-refractivity contribution in [2.45, 2.75) is 71.9 Å². The third-order valence-corrected chi connectivity index (χ3v) is 6.09. The lowest BCUT2D eigenvalue weighted by molar-refractivity contribution is -0.288. The van der Waals surface area contributed by atoms with Crippen molar-refractivity contribution in [1.29, 1.82) is 0 Å². The standard InChI is InChI=1S/C32H34O14/c1-18(33)39-16-24-8-6-7-9-26(24)45-32-31(44-22(5)37)30(43-21(4)36)29(42-20(3)35)27(46-32)17-40-28(38)15-12-23-10-13-25(14-11-23)41-19(2)34/h6-15,27,29-32H,16-17H2,1-5H3/b15-12+. The Morgan fingerprint density at radius 1 is 0.696 bits per heavy atom. The Morgan fingerprint density at radius 2 is 1.30 bits per heavy atom. The summed E-state index contributed by atoms with van der Waals surface area (Å²) >= 11 is 0. The van der Waals surface area contributed by atoms with Gasteiger partial charge in [-0.2, -0.15) is 0 Å². The first-order chi connectivity index (χ1) is 21.8. The number of ether oxygens (including phenoxy) is 8. The van der Waals surface area contributed by atoms with Crippen LogP contribution in [0, 0.1) is 0 Å². The summed E-state index contributed by atoms with van der Waals surface area (Å²) in [5.74, 6) is -3.67. The Morgan fingerprint density at radius 3 is 1.91 bits per heavy atom. The smallest absolute Gasteiger partial charge is 0.330 e. The summed E-state index contributed by atoms with van der Waals surface area (Å²) in [4.78, 5) is 71.5. The second-order valence-electron chi connectivity index (χ2n) is 9.90. The molecule has 0 aliphatic carbocycles. The zero-order valence-electron chi connectivity index (χ0n) is 25.8. The van der Waals surface area contributed by atoms with Gasteiger partial charge in [0.25, 0.3) is 0 Å². The summed E-state index contributed by atoms with van der Waals surface area (Å²) < 4.78 is 43.9. The summed E-state index contributed by atoms with van der Waals surface area (Å²) in [6.45, 7) is 5.18. The summed E-state index contributed by atoms with van der Waals surface area (Å²) in [6.07, 6.45) is -4.45. The van der Waals surface area contributed by atoms with E-state index in [1.165, 1.54) is 19.9 Å². The number of carbonyl (C=O) groups excluding carboxylic acids is 6. The predicted octanol–water partition coefficient (Wildman–Crippen LogP) is 2.83. The Bertz CT molecular complexity index is 1450. The molecule has 1 aliphatic heterocycles. The highest BCUT2D eigenvalue weighted by Crippen LogP contribution is 2.32. The highest BCUT2D eigenvalue weighted by Gasteiger charge is 2.53. The highest BCUT2D eigenvalue weighted by atomic mass is 16.7. The summed E-state index contributed by atoms with van der Waals surface area (Å²) in [6, 6.07) is 12.8. The van der Waals surface area contributed by atoms with Crippen LogP contribution in [0.4, 0.5) is 0 Å². The maximum absolute atomic E-state index is 12.6. The molecule has 0 aromatic heterocycles. The van der Waals surface area contributed by atoms with Gasteiger partial charge < -0.3 is 37.9 Å². The number of hydrogen-bond acceptors (Lipinski definition) is 14. The molecular weight excluding hydrogens is 608 g/mol. The van der Waals surface area contributed by atoms with Gasteiger partial charge in [-0.3, -0.25) is 24.0 Å². The maximum Gasteiger partial charge on any atom is 0.330 e. The van der Waals surface area contributed by atoms with Crippen molar-refractivity contribution < 1.29 is 66.7 Å². The van der Waals surface area contributed by atoms with E-state index in [0.717, 1.165) is 26.8 Å². The van der Waals surface area contributed by atoms with Crippen LogP contribution >= 0.6 is 0 Å². The van der Waals surface area contributed by atoms with Crippen molar-refractivity contribution in [3.05, 3.63) is 65.7 Å². The molecule has 1 aliphatic rings. The lowest BCUT2D eigenvalue weighted by Crippen LogP contribution is -2.63. The van der Waals surface area contributed by atoms with Crippen molar-refractivity contribution in [2.24, 2.45) is 0 Å². The third kappa shape index (κ3) is 11.0. The quantitative estimate of drug-likeness (QED) is 0.143. The average Bonchev–Trinajstić information content (AvgIpc) is 2.97. The molecule has 1 heterocycles. The van der Waals surface area contributed by atoms with Crippen LogP contribution in [0.2, 0.25) is 0 Å². The van der Waals surface area contributed by atoms with Gasteiger partial charge in [-0.05, 0) is 29.8 Å². The number of esters is 6. The van der Waals surface area contributed by atoms with Gasteiger partial charge in [0, 0.05) is 46.3 Å². The molecule has 0 radical (unpaired) electrons. The Kier molecular flexibility index (Phi) is 12.8. The summed E-state index contributed by atoms with van der Waals surface area (Å²) in [5, 5.41) is 0. The van der Waals surface area contributed by atoms with Gasteiger partial charge in [0.15, 0.2) is 12.2 Å². The van der Waals surface area contributed by atoms with Crippen molar-refractivity contribution in [3.63, 3.8) is 0 Å². The number of hydrogen-bond donors (Lipinski definition) is 0. The van der Waals surface area contributed by atoms with E-state index in [4.69, 9.17) is 37.9 Å². The lowest BCUT2D eigenvalue weighted by atomic mass is 9.98.